The van der Waals surface area contributed by atoms with Gasteiger partial charge < -0.3 is 14.1 Å². The van der Waals surface area contributed by atoms with Gasteiger partial charge >= 0.3 is 0 Å². The van der Waals surface area contributed by atoms with E-state index in [2.05, 4.69) is 29.2 Å². The van der Waals surface area contributed by atoms with E-state index in [4.69, 9.17) is 9.57 Å². The number of fused-ring (bicyclic) bond motifs is 1. The normalized spacial score (nSPS) is 23.6. The maximum absolute atomic E-state index is 13.4. The lowest BCUT2D eigenvalue weighted by Crippen LogP contribution is -2.35. The van der Waals surface area contributed by atoms with Crippen molar-refractivity contribution in [3.63, 3.8) is 0 Å². The smallest absolute Gasteiger partial charge is 0.168 e. The first-order valence-electron chi connectivity index (χ1n) is 10.9. The van der Waals surface area contributed by atoms with Crippen molar-refractivity contribution in [3.05, 3.63) is 83.2 Å². The number of aryl methyl sites for hydroxylation is 1. The molecule has 2 atom stereocenters. The number of hydrogen-bond donors (Lipinski definition) is 0. The molecule has 1 aliphatic carbocycles. The number of halogens is 1. The van der Waals surface area contributed by atoms with Crippen LogP contribution in [-0.4, -0.2) is 22.4 Å². The Hall–Kier alpha value is -3.41. The van der Waals surface area contributed by atoms with E-state index < -0.39 is 5.60 Å². The van der Waals surface area contributed by atoms with Gasteiger partial charge in [-0.15, -0.1) is 0 Å². The molecule has 1 fully saturated rings. The fourth-order valence-electron chi connectivity index (χ4n) is 4.78. The zero-order chi connectivity index (χ0) is 22.3. The van der Waals surface area contributed by atoms with Gasteiger partial charge in [-0.05, 0) is 80.2 Å². The van der Waals surface area contributed by atoms with Crippen LogP contribution in [0.4, 0.5) is 4.39 Å². The SMILES string of the molecule is COc1cc(/C=C2\CCC[C@H]3C2=NO[C@]3(C)c2ccc(F)cc2)ccc1-n1cnc(C)c1. The maximum atomic E-state index is 13.4. The van der Waals surface area contributed by atoms with Crippen molar-refractivity contribution >= 4 is 11.8 Å². The van der Waals surface area contributed by atoms with Gasteiger partial charge in [0, 0.05) is 6.20 Å². The molecule has 0 spiro atoms. The summed E-state index contributed by atoms with van der Waals surface area (Å²) in [6.07, 6.45) is 8.94. The molecule has 0 radical (unpaired) electrons. The number of hydrogen-bond acceptors (Lipinski definition) is 4. The van der Waals surface area contributed by atoms with Crippen molar-refractivity contribution < 1.29 is 14.0 Å². The highest BCUT2D eigenvalue weighted by Gasteiger charge is 2.48. The Balaban J connectivity index is 1.45. The molecule has 2 aliphatic rings. The van der Waals surface area contributed by atoms with E-state index in [1.807, 2.05) is 29.8 Å². The third kappa shape index (κ3) is 3.49. The van der Waals surface area contributed by atoms with E-state index >= 15 is 0 Å². The van der Waals surface area contributed by atoms with Gasteiger partial charge in [-0.25, -0.2) is 9.37 Å². The van der Waals surface area contributed by atoms with Crippen LogP contribution < -0.4 is 4.74 Å². The zero-order valence-electron chi connectivity index (χ0n) is 18.5. The lowest BCUT2D eigenvalue weighted by atomic mass is 9.72. The summed E-state index contributed by atoms with van der Waals surface area (Å²) in [5.74, 6) is 0.678. The number of ether oxygens (including phenoxy) is 1. The first kappa shape index (κ1) is 20.5. The minimum Gasteiger partial charge on any atom is -0.495 e. The van der Waals surface area contributed by atoms with Crippen molar-refractivity contribution in [3.8, 4) is 11.4 Å². The Bertz CT molecular complexity index is 1210. The van der Waals surface area contributed by atoms with Gasteiger partial charge in [0.15, 0.2) is 5.60 Å². The van der Waals surface area contributed by atoms with Crippen LogP contribution in [-0.2, 0) is 10.4 Å². The number of benzene rings is 2. The van der Waals surface area contributed by atoms with Crippen LogP contribution in [0.1, 0.15) is 43.0 Å². The monoisotopic (exact) mass is 431 g/mol. The second-order valence-electron chi connectivity index (χ2n) is 8.65. The summed E-state index contributed by atoms with van der Waals surface area (Å²) in [6.45, 7) is 4.01. The largest absolute Gasteiger partial charge is 0.495 e. The van der Waals surface area contributed by atoms with Crippen molar-refractivity contribution in [2.24, 2.45) is 11.1 Å². The molecule has 3 aromatic rings. The number of aromatic nitrogens is 2. The third-order valence-electron chi connectivity index (χ3n) is 6.55. The summed E-state index contributed by atoms with van der Waals surface area (Å²) in [5, 5.41) is 4.51. The van der Waals surface area contributed by atoms with Crippen LogP contribution >= 0.6 is 0 Å². The molecular weight excluding hydrogens is 405 g/mol. The number of oxime groups is 1. The minimum atomic E-state index is -0.580. The first-order valence-corrected chi connectivity index (χ1v) is 10.9. The highest BCUT2D eigenvalue weighted by molar-refractivity contribution is 6.07. The van der Waals surface area contributed by atoms with Gasteiger partial charge in [0.05, 0.1) is 36.4 Å². The molecule has 1 saturated carbocycles. The van der Waals surface area contributed by atoms with Crippen LogP contribution in [0.25, 0.3) is 11.8 Å². The lowest BCUT2D eigenvalue weighted by molar-refractivity contribution is -0.0371. The van der Waals surface area contributed by atoms with Gasteiger partial charge in [-0.3, -0.25) is 0 Å². The van der Waals surface area contributed by atoms with Crippen molar-refractivity contribution in [2.75, 3.05) is 7.11 Å². The highest BCUT2D eigenvalue weighted by Crippen LogP contribution is 2.47. The van der Waals surface area contributed by atoms with E-state index in [1.54, 1.807) is 25.6 Å². The Morgan fingerprint density at radius 1 is 1.22 bits per heavy atom. The average Bonchev–Trinajstić information content (AvgIpc) is 3.39. The Kier molecular flexibility index (Phi) is 5.08. The van der Waals surface area contributed by atoms with E-state index in [1.165, 1.54) is 17.7 Å². The molecule has 5 rings (SSSR count). The number of rotatable bonds is 4. The molecule has 0 saturated heterocycles. The Morgan fingerprint density at radius 3 is 2.75 bits per heavy atom. The van der Waals surface area contributed by atoms with Gasteiger partial charge in [-0.1, -0.05) is 23.4 Å². The molecular formula is C26H26FN3O2. The van der Waals surface area contributed by atoms with Crippen LogP contribution in [0.5, 0.6) is 5.75 Å². The standard InChI is InChI=1S/C26H26FN3O2/c1-17-15-30(16-28-17)23-12-7-18(14-24(23)31-3)13-19-5-4-6-22-25(19)29-32-26(22,2)20-8-10-21(27)11-9-20/h7-16,22H,4-6H2,1-3H3/b19-13+/t22-,26+/m0/s1. The molecule has 0 N–H and O–H groups in total. The summed E-state index contributed by atoms with van der Waals surface area (Å²) < 4.78 is 21.1. The minimum absolute atomic E-state index is 0.142. The molecule has 0 unspecified atom stereocenters. The number of allylic oxidation sites excluding steroid dienone is 1. The van der Waals surface area contributed by atoms with Crippen LogP contribution in [0.3, 0.4) is 0 Å². The fraction of sp³-hybridized carbons (Fsp3) is 0.308. The molecule has 6 heteroatoms. The summed E-state index contributed by atoms with van der Waals surface area (Å²) in [4.78, 5) is 10.3. The van der Waals surface area contributed by atoms with Crippen LogP contribution in [0.2, 0.25) is 0 Å². The third-order valence-corrected chi connectivity index (χ3v) is 6.55. The number of methoxy groups -OCH3 is 1. The molecule has 0 bridgehead atoms. The molecule has 1 aromatic heterocycles. The molecule has 164 valence electrons. The molecule has 0 amide bonds. The predicted octanol–water partition coefficient (Wildman–Crippen LogP) is 5.81. The molecule has 2 aromatic carbocycles. The molecule has 5 nitrogen and oxygen atoms in total. The lowest BCUT2D eigenvalue weighted by Gasteiger charge is -2.32. The maximum Gasteiger partial charge on any atom is 0.168 e. The summed E-state index contributed by atoms with van der Waals surface area (Å²) in [6, 6.07) is 12.7. The fourth-order valence-corrected chi connectivity index (χ4v) is 4.78. The summed E-state index contributed by atoms with van der Waals surface area (Å²) in [5.41, 5.74) is 5.50. The molecule has 1 aliphatic heterocycles. The van der Waals surface area contributed by atoms with Gasteiger partial charge in [0.1, 0.15) is 11.6 Å². The average molecular weight is 432 g/mol. The van der Waals surface area contributed by atoms with E-state index in [-0.39, 0.29) is 11.7 Å². The first-order chi connectivity index (χ1) is 15.5. The topological polar surface area (TPSA) is 48.6 Å². The number of imidazole rings is 1. The Labute approximate surface area is 187 Å². The van der Waals surface area contributed by atoms with Crippen molar-refractivity contribution in [1.29, 1.82) is 0 Å². The van der Waals surface area contributed by atoms with Gasteiger partial charge in [0.25, 0.3) is 0 Å². The van der Waals surface area contributed by atoms with Crippen molar-refractivity contribution in [2.45, 2.75) is 38.7 Å². The van der Waals surface area contributed by atoms with Gasteiger partial charge in [0.2, 0.25) is 0 Å². The highest BCUT2D eigenvalue weighted by atomic mass is 19.1. The second kappa shape index (κ2) is 7.93. The second-order valence-corrected chi connectivity index (χ2v) is 8.65. The molecule has 2 heterocycles. The van der Waals surface area contributed by atoms with E-state index in [9.17, 15) is 4.39 Å². The Morgan fingerprint density at radius 2 is 2.03 bits per heavy atom. The summed E-state index contributed by atoms with van der Waals surface area (Å²) in [7, 11) is 1.68. The van der Waals surface area contributed by atoms with Crippen molar-refractivity contribution in [1.82, 2.24) is 9.55 Å². The number of nitrogens with zero attached hydrogens (tertiary/aromatic N) is 3. The van der Waals surface area contributed by atoms with Crippen LogP contribution in [0.15, 0.2) is 65.7 Å². The molecule has 32 heavy (non-hydrogen) atoms. The van der Waals surface area contributed by atoms with E-state index in [0.717, 1.165) is 53.2 Å². The zero-order valence-corrected chi connectivity index (χ0v) is 18.5. The van der Waals surface area contributed by atoms with Gasteiger partial charge in [-0.2, -0.15) is 0 Å². The quantitative estimate of drug-likeness (QED) is 0.523. The van der Waals surface area contributed by atoms with Crippen LogP contribution in [0, 0.1) is 18.7 Å². The predicted molar refractivity (Wildman–Crippen MR) is 122 cm³/mol. The summed E-state index contributed by atoms with van der Waals surface area (Å²) >= 11 is 0. The van der Waals surface area contributed by atoms with E-state index in [0.29, 0.717) is 0 Å².